The van der Waals surface area contributed by atoms with Crippen LogP contribution in [0.4, 0.5) is 17.1 Å². The van der Waals surface area contributed by atoms with Crippen molar-refractivity contribution in [2.45, 2.75) is 16.7 Å². The highest BCUT2D eigenvalue weighted by atomic mass is 32.1. The third-order valence-corrected chi connectivity index (χ3v) is 26.2. The summed E-state index contributed by atoms with van der Waals surface area (Å²) in [7, 11) is 0. The minimum Gasteiger partial charge on any atom is -0.310 e. The molecule has 4 heterocycles. The van der Waals surface area contributed by atoms with Crippen molar-refractivity contribution >= 4 is 112 Å². The van der Waals surface area contributed by atoms with Gasteiger partial charge in [-0.1, -0.05) is 218 Å². The second-order valence-electron chi connectivity index (χ2n) is 27.8. The minimum absolute atomic E-state index is 0.0190. The lowest BCUT2D eigenvalue weighted by molar-refractivity contribution is 0.754. The van der Waals surface area contributed by atoms with Crippen molar-refractivity contribution in [3.05, 3.63) is 419 Å². The van der Waals surface area contributed by atoms with Gasteiger partial charge in [0.25, 0.3) is 0 Å². The van der Waals surface area contributed by atoms with Crippen molar-refractivity contribution < 1.29 is 0 Å². The van der Waals surface area contributed by atoms with E-state index in [2.05, 4.69) is 314 Å². The molecule has 3 aromatic heterocycles. The van der Waals surface area contributed by atoms with Crippen molar-refractivity contribution in [3.63, 3.8) is 0 Å². The molecule has 15 aromatic carbocycles. The van der Waals surface area contributed by atoms with Gasteiger partial charge in [0, 0.05) is 72.1 Å². The molecule has 3 unspecified atom stereocenters. The van der Waals surface area contributed by atoms with Crippen molar-refractivity contribution in [1.82, 2.24) is 0 Å². The van der Waals surface area contributed by atoms with Crippen LogP contribution in [-0.2, 0) is 10.8 Å². The summed E-state index contributed by atoms with van der Waals surface area (Å²) in [6, 6.07) is 117. The second kappa shape index (κ2) is 21.9. The molecular formula is C96H55NO3S3. The van der Waals surface area contributed by atoms with Crippen LogP contribution in [0.25, 0.3) is 116 Å². The lowest BCUT2D eigenvalue weighted by Crippen LogP contribution is -2.36. The van der Waals surface area contributed by atoms with Crippen LogP contribution in [0.2, 0.25) is 0 Å². The minimum atomic E-state index is -0.841. The van der Waals surface area contributed by atoms with E-state index in [9.17, 15) is 4.79 Å². The highest BCUT2D eigenvalue weighted by molar-refractivity contribution is 7.25. The van der Waals surface area contributed by atoms with Gasteiger partial charge < -0.3 is 4.90 Å². The molecule has 18 aromatic rings. The molecule has 0 bridgehead atoms. The third-order valence-electron chi connectivity index (χ3n) is 22.8. The zero-order valence-electron chi connectivity index (χ0n) is 55.2. The van der Waals surface area contributed by atoms with E-state index >= 15 is 9.59 Å². The standard InChI is InChI=1S/C96H55NO3S3/c98-92-67-33-14-19-38-85(67)101-89-54-70-65-31-13-16-35-78(65)96(81(70)51-75(89)92)79-36-17-18-37-83(79)97(62-27-8-3-9-28-62)84-42-39-59(48-82(84)96)58-41-44-87-73(47-58)94(100)76-50-80-69(53-90(76)103-87)64-30-12-15-34-77(64)95(80,60-24-6-2-7-25-60)61-26-20-23-56(45-61)57-40-43-86-72(46-57)93(99)74-49-71-68(52-88(74)102-86)63-29-10-11-32-66(63)91(71)55-21-4-1-5-22-55/h1-54,91H. The fraction of sp³-hybridized carbons (Fsp3) is 0.0312. The maximum atomic E-state index is 16.1. The Balaban J connectivity index is 0.708. The molecule has 3 atom stereocenters. The van der Waals surface area contributed by atoms with Crippen LogP contribution in [-0.4, -0.2) is 0 Å². The number of para-hydroxylation sites is 2. The van der Waals surface area contributed by atoms with Crippen LogP contribution in [0.1, 0.15) is 67.1 Å². The zero-order chi connectivity index (χ0) is 68.0. The molecule has 4 aliphatic rings. The molecular weight excluding hydrogens is 1310 g/mol. The van der Waals surface area contributed by atoms with Gasteiger partial charge in [0.15, 0.2) is 16.3 Å². The molecule has 0 amide bonds. The van der Waals surface area contributed by atoms with Gasteiger partial charge in [0.2, 0.25) is 0 Å². The maximum absolute atomic E-state index is 16.1. The molecule has 7 heteroatoms. The third kappa shape index (κ3) is 8.12. The summed E-state index contributed by atoms with van der Waals surface area (Å²) in [6.07, 6.45) is 0. The van der Waals surface area contributed by atoms with Gasteiger partial charge in [-0.3, -0.25) is 14.4 Å². The molecule has 0 N–H and O–H groups in total. The number of anilines is 3. The highest BCUT2D eigenvalue weighted by Crippen LogP contribution is 2.65. The summed E-state index contributed by atoms with van der Waals surface area (Å²) in [4.78, 5) is 48.5. The van der Waals surface area contributed by atoms with Crippen molar-refractivity contribution in [1.29, 1.82) is 0 Å². The number of nitrogens with zero attached hydrogens (tertiary/aromatic N) is 1. The van der Waals surface area contributed by atoms with E-state index in [4.69, 9.17) is 0 Å². The van der Waals surface area contributed by atoms with Crippen LogP contribution in [0.15, 0.2) is 342 Å². The Morgan fingerprint density at radius 3 is 1.40 bits per heavy atom. The predicted octanol–water partition coefficient (Wildman–Crippen LogP) is 23.9. The van der Waals surface area contributed by atoms with Crippen LogP contribution in [0.3, 0.4) is 0 Å². The van der Waals surface area contributed by atoms with Gasteiger partial charge in [-0.15, -0.1) is 34.0 Å². The summed E-state index contributed by atoms with van der Waals surface area (Å²) < 4.78 is 5.71. The SMILES string of the molecule is O=c1c2cc(-c3cccc(C4(c5ccccc5)c5ccccc5-c5cc6sc7ccc(-c8ccc9c(c8)C8(c%10ccccc%10-c%10cc%11sc%12ccccc%12c(=O)c%11cc%108)c8ccccc8N9c8ccccc8)cc7c(=O)c6cc54)c3)ccc2sc2cc3c(cc12)C(c1ccccc1)c1ccccc1-3. The summed E-state index contributed by atoms with van der Waals surface area (Å²) in [6.45, 7) is 0. The Morgan fingerprint density at radius 2 is 0.718 bits per heavy atom. The Kier molecular flexibility index (Phi) is 12.4. The fourth-order valence-electron chi connectivity index (χ4n) is 18.4. The van der Waals surface area contributed by atoms with Gasteiger partial charge in [0.05, 0.1) is 22.2 Å². The molecule has 0 fully saturated rings. The molecule has 103 heavy (non-hydrogen) atoms. The molecule has 22 rings (SSSR count). The first-order valence-corrected chi connectivity index (χ1v) is 37.4. The Bertz CT molecular complexity index is 6980. The molecule has 1 aliphatic heterocycles. The second-order valence-corrected chi connectivity index (χ2v) is 31.1. The summed E-state index contributed by atoms with van der Waals surface area (Å²) in [5.41, 5.74) is 24.8. The quantitative estimate of drug-likeness (QED) is 0.156. The summed E-state index contributed by atoms with van der Waals surface area (Å²) in [5, 5.41) is 4.23. The van der Waals surface area contributed by atoms with E-state index < -0.39 is 10.8 Å². The number of benzene rings is 15. The lowest BCUT2D eigenvalue weighted by Gasteiger charge is -2.45. The van der Waals surface area contributed by atoms with Gasteiger partial charge in [-0.2, -0.15) is 0 Å². The number of rotatable bonds is 6. The first-order chi connectivity index (χ1) is 50.8. The van der Waals surface area contributed by atoms with Crippen molar-refractivity contribution in [2.24, 2.45) is 0 Å². The topological polar surface area (TPSA) is 54.5 Å². The molecule has 4 nitrogen and oxygen atoms in total. The lowest BCUT2D eigenvalue weighted by atomic mass is 9.64. The van der Waals surface area contributed by atoms with Crippen molar-refractivity contribution in [3.8, 4) is 55.6 Å². The largest absolute Gasteiger partial charge is 0.310 e. The van der Waals surface area contributed by atoms with E-state index in [0.717, 1.165) is 145 Å². The van der Waals surface area contributed by atoms with E-state index in [1.54, 1.807) is 34.0 Å². The summed E-state index contributed by atoms with van der Waals surface area (Å²) >= 11 is 5.02. The molecule has 3 aliphatic carbocycles. The molecule has 0 saturated heterocycles. The number of fused-ring (bicyclic) bond motifs is 21. The van der Waals surface area contributed by atoms with E-state index in [0.29, 0.717) is 21.5 Å². The van der Waals surface area contributed by atoms with E-state index in [-0.39, 0.29) is 22.2 Å². The molecule has 0 saturated carbocycles. The first kappa shape index (κ1) is 58.6. The van der Waals surface area contributed by atoms with Gasteiger partial charge in [0.1, 0.15) is 0 Å². The molecule has 1 spiro atoms. The zero-order valence-corrected chi connectivity index (χ0v) is 57.6. The van der Waals surface area contributed by atoms with Crippen molar-refractivity contribution in [2.75, 3.05) is 4.90 Å². The smallest absolute Gasteiger partial charge is 0.195 e. The number of hydrogen-bond acceptors (Lipinski definition) is 7. The van der Waals surface area contributed by atoms with Gasteiger partial charge >= 0.3 is 0 Å². The Labute approximate surface area is 603 Å². The number of hydrogen-bond donors (Lipinski definition) is 0. The monoisotopic (exact) mass is 1370 g/mol. The maximum Gasteiger partial charge on any atom is 0.195 e. The van der Waals surface area contributed by atoms with Crippen LogP contribution in [0.5, 0.6) is 0 Å². The average molecular weight is 1370 g/mol. The first-order valence-electron chi connectivity index (χ1n) is 35.0. The van der Waals surface area contributed by atoms with Crippen LogP contribution in [0, 0.1) is 0 Å². The molecule has 0 radical (unpaired) electrons. The fourth-order valence-corrected chi connectivity index (χ4v) is 21.7. The Morgan fingerprint density at radius 1 is 0.252 bits per heavy atom. The Hall–Kier alpha value is -12.2. The van der Waals surface area contributed by atoms with Gasteiger partial charge in [-0.05, 0) is 226 Å². The predicted molar refractivity (Wildman–Crippen MR) is 430 cm³/mol. The van der Waals surface area contributed by atoms with Crippen LogP contribution >= 0.6 is 34.0 Å². The summed E-state index contributed by atoms with van der Waals surface area (Å²) in [5.74, 6) is 0.0331. The normalized spacial score (nSPS) is 16.4. The van der Waals surface area contributed by atoms with E-state index in [1.165, 1.54) is 27.8 Å². The molecule has 480 valence electrons. The van der Waals surface area contributed by atoms with Gasteiger partial charge in [-0.25, -0.2) is 0 Å². The van der Waals surface area contributed by atoms with E-state index in [1.807, 2.05) is 18.2 Å². The van der Waals surface area contributed by atoms with Crippen LogP contribution < -0.4 is 21.2 Å². The highest BCUT2D eigenvalue weighted by Gasteiger charge is 2.53. The average Bonchev–Trinajstić information content (AvgIpc) is 1.60.